The standard InChI is InChI=1S/C15H25N3O3/c1-5-16-15(17-8-9-19-2)18-11-12-6-7-13(20-3)14(10-12)21-4/h6-7,10H,5,8-9,11H2,1-4H3,(H2,16,17,18). The maximum atomic E-state index is 5.29. The maximum absolute atomic E-state index is 5.29. The molecule has 0 saturated carbocycles. The molecule has 0 spiro atoms. The molecule has 0 heterocycles. The van der Waals surface area contributed by atoms with Crippen LogP contribution in [0.4, 0.5) is 0 Å². The smallest absolute Gasteiger partial charge is 0.191 e. The number of nitrogens with zero attached hydrogens (tertiary/aromatic N) is 1. The Morgan fingerprint density at radius 3 is 2.48 bits per heavy atom. The Labute approximate surface area is 126 Å². The second kappa shape index (κ2) is 9.88. The van der Waals surface area contributed by atoms with E-state index in [1.54, 1.807) is 21.3 Å². The summed E-state index contributed by atoms with van der Waals surface area (Å²) in [6.07, 6.45) is 0. The van der Waals surface area contributed by atoms with E-state index in [9.17, 15) is 0 Å². The Bertz CT molecular complexity index is 450. The first-order chi connectivity index (χ1) is 10.2. The van der Waals surface area contributed by atoms with Crippen LogP contribution in [0.25, 0.3) is 0 Å². The molecule has 0 saturated heterocycles. The first-order valence-corrected chi connectivity index (χ1v) is 6.97. The van der Waals surface area contributed by atoms with E-state index in [2.05, 4.69) is 15.6 Å². The van der Waals surface area contributed by atoms with Gasteiger partial charge in [-0.2, -0.15) is 0 Å². The maximum Gasteiger partial charge on any atom is 0.191 e. The van der Waals surface area contributed by atoms with Crippen molar-refractivity contribution in [2.45, 2.75) is 13.5 Å². The minimum Gasteiger partial charge on any atom is -0.493 e. The summed E-state index contributed by atoms with van der Waals surface area (Å²) < 4.78 is 15.5. The predicted molar refractivity (Wildman–Crippen MR) is 84.2 cm³/mol. The van der Waals surface area contributed by atoms with Crippen LogP contribution < -0.4 is 20.1 Å². The Morgan fingerprint density at radius 2 is 1.86 bits per heavy atom. The third-order valence-corrected chi connectivity index (χ3v) is 2.81. The minimum atomic E-state index is 0.558. The van der Waals surface area contributed by atoms with Gasteiger partial charge in [-0.3, -0.25) is 0 Å². The van der Waals surface area contributed by atoms with Gasteiger partial charge in [0.25, 0.3) is 0 Å². The lowest BCUT2D eigenvalue weighted by molar-refractivity contribution is 0.203. The lowest BCUT2D eigenvalue weighted by Gasteiger charge is -2.11. The lowest BCUT2D eigenvalue weighted by Crippen LogP contribution is -2.38. The summed E-state index contributed by atoms with van der Waals surface area (Å²) in [6.45, 7) is 4.76. The van der Waals surface area contributed by atoms with Crippen molar-refractivity contribution in [2.75, 3.05) is 41.0 Å². The van der Waals surface area contributed by atoms with Crippen LogP contribution in [0.1, 0.15) is 12.5 Å². The third kappa shape index (κ3) is 5.91. The van der Waals surface area contributed by atoms with Crippen molar-refractivity contribution in [3.8, 4) is 11.5 Å². The van der Waals surface area contributed by atoms with Gasteiger partial charge < -0.3 is 24.8 Å². The van der Waals surface area contributed by atoms with E-state index in [1.165, 1.54) is 0 Å². The fourth-order valence-electron chi connectivity index (χ4n) is 1.76. The summed E-state index contributed by atoms with van der Waals surface area (Å²) in [6, 6.07) is 5.79. The van der Waals surface area contributed by atoms with Crippen molar-refractivity contribution in [3.63, 3.8) is 0 Å². The summed E-state index contributed by atoms with van der Waals surface area (Å²) in [5, 5.41) is 6.39. The van der Waals surface area contributed by atoms with Gasteiger partial charge in [0.2, 0.25) is 0 Å². The van der Waals surface area contributed by atoms with Crippen LogP contribution in [-0.2, 0) is 11.3 Å². The average molecular weight is 295 g/mol. The van der Waals surface area contributed by atoms with Crippen LogP contribution in [0.5, 0.6) is 11.5 Å². The molecular weight excluding hydrogens is 270 g/mol. The van der Waals surface area contributed by atoms with E-state index in [-0.39, 0.29) is 0 Å². The second-order valence-corrected chi connectivity index (χ2v) is 4.30. The van der Waals surface area contributed by atoms with Crippen LogP contribution in [0.2, 0.25) is 0 Å². The van der Waals surface area contributed by atoms with Crippen LogP contribution in [0, 0.1) is 0 Å². The molecule has 0 aliphatic rings. The van der Waals surface area contributed by atoms with E-state index >= 15 is 0 Å². The molecule has 0 atom stereocenters. The van der Waals surface area contributed by atoms with Crippen molar-refractivity contribution >= 4 is 5.96 Å². The molecule has 0 aromatic heterocycles. The van der Waals surface area contributed by atoms with Gasteiger partial charge in [0.05, 0.1) is 27.4 Å². The SMILES string of the molecule is CCNC(=NCc1ccc(OC)c(OC)c1)NCCOC. The molecule has 0 radical (unpaired) electrons. The number of rotatable bonds is 8. The molecule has 2 N–H and O–H groups in total. The summed E-state index contributed by atoms with van der Waals surface area (Å²) in [4.78, 5) is 4.53. The van der Waals surface area contributed by atoms with E-state index in [0.29, 0.717) is 25.4 Å². The molecular formula is C15H25N3O3. The first kappa shape index (κ1) is 17.1. The third-order valence-electron chi connectivity index (χ3n) is 2.81. The molecule has 21 heavy (non-hydrogen) atoms. The van der Waals surface area contributed by atoms with Crippen molar-refractivity contribution in [3.05, 3.63) is 23.8 Å². The van der Waals surface area contributed by atoms with Gasteiger partial charge in [0.15, 0.2) is 17.5 Å². The van der Waals surface area contributed by atoms with Gasteiger partial charge in [-0.1, -0.05) is 6.07 Å². The van der Waals surface area contributed by atoms with Gasteiger partial charge >= 0.3 is 0 Å². The van der Waals surface area contributed by atoms with E-state index in [4.69, 9.17) is 14.2 Å². The number of aliphatic imine (C=N–C) groups is 1. The highest BCUT2D eigenvalue weighted by atomic mass is 16.5. The Hall–Kier alpha value is -1.95. The quantitative estimate of drug-likeness (QED) is 0.431. The van der Waals surface area contributed by atoms with Gasteiger partial charge in [0.1, 0.15) is 0 Å². The zero-order valence-electron chi connectivity index (χ0n) is 13.2. The molecule has 1 aromatic rings. The Kier molecular flexibility index (Phi) is 8.04. The minimum absolute atomic E-state index is 0.558. The van der Waals surface area contributed by atoms with Crippen LogP contribution in [0.3, 0.4) is 0 Å². The molecule has 1 aromatic carbocycles. The highest BCUT2D eigenvalue weighted by Gasteiger charge is 2.04. The molecule has 0 aliphatic carbocycles. The van der Waals surface area contributed by atoms with Crippen LogP contribution >= 0.6 is 0 Å². The van der Waals surface area contributed by atoms with Crippen LogP contribution in [-0.4, -0.2) is 47.0 Å². The first-order valence-electron chi connectivity index (χ1n) is 6.97. The predicted octanol–water partition coefficient (Wildman–Crippen LogP) is 1.41. The summed E-state index contributed by atoms with van der Waals surface area (Å²) in [5.74, 6) is 2.20. The number of ether oxygens (including phenoxy) is 3. The number of hydrogen-bond acceptors (Lipinski definition) is 4. The lowest BCUT2D eigenvalue weighted by atomic mass is 10.2. The van der Waals surface area contributed by atoms with E-state index < -0.39 is 0 Å². The molecule has 0 amide bonds. The molecule has 6 nitrogen and oxygen atoms in total. The molecule has 0 aliphatic heterocycles. The average Bonchev–Trinajstić information content (AvgIpc) is 2.52. The number of nitrogens with one attached hydrogen (secondary N) is 2. The highest BCUT2D eigenvalue weighted by molar-refractivity contribution is 5.79. The van der Waals surface area contributed by atoms with Crippen molar-refractivity contribution in [1.82, 2.24) is 10.6 Å². The van der Waals surface area contributed by atoms with Gasteiger partial charge in [-0.25, -0.2) is 4.99 Å². The summed E-state index contributed by atoms with van der Waals surface area (Å²) in [5.41, 5.74) is 1.05. The van der Waals surface area contributed by atoms with Crippen molar-refractivity contribution in [2.24, 2.45) is 4.99 Å². The highest BCUT2D eigenvalue weighted by Crippen LogP contribution is 2.27. The molecule has 0 unspecified atom stereocenters. The molecule has 6 heteroatoms. The largest absolute Gasteiger partial charge is 0.493 e. The molecule has 118 valence electrons. The molecule has 0 bridgehead atoms. The number of benzene rings is 1. The summed E-state index contributed by atoms with van der Waals surface area (Å²) in [7, 11) is 4.93. The van der Waals surface area contributed by atoms with Gasteiger partial charge in [0, 0.05) is 20.2 Å². The fraction of sp³-hybridized carbons (Fsp3) is 0.533. The van der Waals surface area contributed by atoms with Crippen molar-refractivity contribution < 1.29 is 14.2 Å². The Morgan fingerprint density at radius 1 is 1.10 bits per heavy atom. The zero-order valence-corrected chi connectivity index (χ0v) is 13.2. The van der Waals surface area contributed by atoms with E-state index in [1.807, 2.05) is 25.1 Å². The molecule has 1 rings (SSSR count). The van der Waals surface area contributed by atoms with E-state index in [0.717, 1.165) is 23.8 Å². The topological polar surface area (TPSA) is 64.1 Å². The second-order valence-electron chi connectivity index (χ2n) is 4.30. The van der Waals surface area contributed by atoms with Crippen molar-refractivity contribution in [1.29, 1.82) is 0 Å². The number of methoxy groups -OCH3 is 3. The van der Waals surface area contributed by atoms with Gasteiger partial charge in [-0.15, -0.1) is 0 Å². The number of guanidine groups is 1. The molecule has 0 fully saturated rings. The van der Waals surface area contributed by atoms with Gasteiger partial charge in [-0.05, 0) is 24.6 Å². The summed E-state index contributed by atoms with van der Waals surface area (Å²) >= 11 is 0. The fourth-order valence-corrected chi connectivity index (χ4v) is 1.76. The zero-order chi connectivity index (χ0) is 15.5. The Balaban J connectivity index is 2.70. The van der Waals surface area contributed by atoms with Crippen LogP contribution in [0.15, 0.2) is 23.2 Å². The number of hydrogen-bond donors (Lipinski definition) is 2. The monoisotopic (exact) mass is 295 g/mol. The normalized spacial score (nSPS) is 11.1.